The Bertz CT molecular complexity index is 451. The van der Waals surface area contributed by atoms with Gasteiger partial charge in [0, 0.05) is 0 Å². The zero-order chi connectivity index (χ0) is 11.6. The summed E-state index contributed by atoms with van der Waals surface area (Å²) in [5, 5.41) is 26.3. The molecule has 1 aromatic carbocycles. The van der Waals surface area contributed by atoms with Crippen LogP contribution in [0.25, 0.3) is 0 Å². The van der Waals surface area contributed by atoms with E-state index in [4.69, 9.17) is 10.4 Å². The number of alkyl halides is 2. The first-order valence-corrected chi connectivity index (χ1v) is 3.76. The van der Waals surface area contributed by atoms with Crippen LogP contribution in [-0.2, 0) is 0 Å². The number of rotatable bonds is 2. The van der Waals surface area contributed by atoms with Crippen LogP contribution in [-0.4, -0.2) is 16.2 Å². The topological polar surface area (TPSA) is 81.3 Å². The normalized spacial score (nSPS) is 10.0. The number of carboxylic acid groups (broad SMARTS) is 1. The van der Waals surface area contributed by atoms with Crippen molar-refractivity contribution >= 4 is 5.97 Å². The van der Waals surface area contributed by atoms with E-state index in [1.807, 2.05) is 0 Å². The Hall–Kier alpha value is -2.16. The SMILES string of the molecule is N#Cc1ccc(C(=O)O)c(O)c1C(F)F. The van der Waals surface area contributed by atoms with E-state index in [1.54, 1.807) is 0 Å². The van der Waals surface area contributed by atoms with Crippen molar-refractivity contribution < 1.29 is 23.8 Å². The molecule has 0 atom stereocenters. The number of nitrogens with zero attached hydrogens (tertiary/aromatic N) is 1. The van der Waals surface area contributed by atoms with E-state index < -0.39 is 34.8 Å². The summed E-state index contributed by atoms with van der Waals surface area (Å²) in [5.74, 6) is -2.59. The number of hydrogen-bond acceptors (Lipinski definition) is 3. The summed E-state index contributed by atoms with van der Waals surface area (Å²) in [6.45, 7) is 0. The minimum absolute atomic E-state index is 0.437. The van der Waals surface area contributed by atoms with Gasteiger partial charge in [0.25, 0.3) is 6.43 Å². The molecule has 0 fully saturated rings. The van der Waals surface area contributed by atoms with E-state index in [2.05, 4.69) is 0 Å². The molecule has 2 N–H and O–H groups in total. The molecule has 6 heteroatoms. The average molecular weight is 213 g/mol. The number of aromatic hydroxyl groups is 1. The van der Waals surface area contributed by atoms with Crippen LogP contribution in [0.2, 0.25) is 0 Å². The van der Waals surface area contributed by atoms with Gasteiger partial charge in [0.05, 0.1) is 17.2 Å². The third kappa shape index (κ3) is 1.86. The van der Waals surface area contributed by atoms with Crippen LogP contribution >= 0.6 is 0 Å². The van der Waals surface area contributed by atoms with Gasteiger partial charge in [-0.1, -0.05) is 0 Å². The van der Waals surface area contributed by atoms with Crippen molar-refractivity contribution in [1.29, 1.82) is 5.26 Å². The molecule has 0 heterocycles. The standard InChI is InChI=1S/C9H5F2NO3/c10-8(11)6-4(3-12)1-2-5(7(6)13)9(14)15/h1-2,8,13H,(H,14,15). The van der Waals surface area contributed by atoms with Crippen molar-refractivity contribution in [3.05, 3.63) is 28.8 Å². The number of nitriles is 1. The third-order valence-electron chi connectivity index (χ3n) is 1.79. The molecule has 4 nitrogen and oxygen atoms in total. The molecule has 0 radical (unpaired) electrons. The smallest absolute Gasteiger partial charge is 0.339 e. The predicted octanol–water partition coefficient (Wildman–Crippen LogP) is 1.90. The zero-order valence-corrected chi connectivity index (χ0v) is 7.24. The highest BCUT2D eigenvalue weighted by Gasteiger charge is 2.23. The van der Waals surface area contributed by atoms with Gasteiger partial charge in [-0.3, -0.25) is 0 Å². The maximum absolute atomic E-state index is 12.4. The van der Waals surface area contributed by atoms with E-state index in [0.29, 0.717) is 0 Å². The van der Waals surface area contributed by atoms with E-state index in [-0.39, 0.29) is 0 Å². The van der Waals surface area contributed by atoms with Crippen molar-refractivity contribution in [3.63, 3.8) is 0 Å². The largest absolute Gasteiger partial charge is 0.506 e. The first kappa shape index (κ1) is 10.9. The molecule has 15 heavy (non-hydrogen) atoms. The van der Waals surface area contributed by atoms with Gasteiger partial charge < -0.3 is 10.2 Å². The Morgan fingerprint density at radius 3 is 2.47 bits per heavy atom. The first-order chi connectivity index (χ1) is 6.99. The van der Waals surface area contributed by atoms with E-state index in [0.717, 1.165) is 12.1 Å². The van der Waals surface area contributed by atoms with E-state index in [1.165, 1.54) is 6.07 Å². The molecule has 1 rings (SSSR count). The summed E-state index contributed by atoms with van der Waals surface area (Å²) in [6.07, 6.45) is -3.10. The Balaban J connectivity index is 3.51. The van der Waals surface area contributed by atoms with E-state index >= 15 is 0 Å². The fourth-order valence-electron chi connectivity index (χ4n) is 1.10. The lowest BCUT2D eigenvalue weighted by atomic mass is 10.0. The van der Waals surface area contributed by atoms with Gasteiger partial charge in [-0.25, -0.2) is 13.6 Å². The molecular weight excluding hydrogens is 208 g/mol. The van der Waals surface area contributed by atoms with Crippen molar-refractivity contribution in [2.75, 3.05) is 0 Å². The van der Waals surface area contributed by atoms with Crippen LogP contribution in [0.3, 0.4) is 0 Å². The summed E-state index contributed by atoms with van der Waals surface area (Å²) in [4.78, 5) is 10.5. The van der Waals surface area contributed by atoms with Crippen molar-refractivity contribution in [1.82, 2.24) is 0 Å². The Morgan fingerprint density at radius 2 is 2.07 bits per heavy atom. The second-order valence-corrected chi connectivity index (χ2v) is 2.64. The lowest BCUT2D eigenvalue weighted by Crippen LogP contribution is -2.01. The zero-order valence-electron chi connectivity index (χ0n) is 7.24. The number of benzene rings is 1. The Kier molecular flexibility index (Phi) is 2.85. The molecule has 0 saturated carbocycles. The van der Waals surface area contributed by atoms with Crippen LogP contribution in [0.4, 0.5) is 8.78 Å². The molecule has 0 aliphatic carbocycles. The maximum Gasteiger partial charge on any atom is 0.339 e. The number of phenols is 1. The predicted molar refractivity (Wildman–Crippen MR) is 44.7 cm³/mol. The van der Waals surface area contributed by atoms with E-state index in [9.17, 15) is 18.7 Å². The monoisotopic (exact) mass is 213 g/mol. The Morgan fingerprint density at radius 1 is 1.47 bits per heavy atom. The highest BCUT2D eigenvalue weighted by atomic mass is 19.3. The molecular formula is C9H5F2NO3. The van der Waals surface area contributed by atoms with Gasteiger partial charge in [-0.2, -0.15) is 5.26 Å². The second kappa shape index (κ2) is 3.92. The van der Waals surface area contributed by atoms with Gasteiger partial charge in [0.15, 0.2) is 0 Å². The minimum Gasteiger partial charge on any atom is -0.506 e. The molecule has 0 spiro atoms. The minimum atomic E-state index is -3.10. The first-order valence-electron chi connectivity index (χ1n) is 3.76. The summed E-state index contributed by atoms with van der Waals surface area (Å²) < 4.78 is 24.8. The second-order valence-electron chi connectivity index (χ2n) is 2.64. The number of halogens is 2. The molecule has 0 aliphatic rings. The van der Waals surface area contributed by atoms with Crippen LogP contribution in [0, 0.1) is 11.3 Å². The van der Waals surface area contributed by atoms with Gasteiger partial charge >= 0.3 is 5.97 Å². The lowest BCUT2D eigenvalue weighted by molar-refractivity contribution is 0.0692. The fourth-order valence-corrected chi connectivity index (χ4v) is 1.10. The van der Waals surface area contributed by atoms with Crippen LogP contribution < -0.4 is 0 Å². The van der Waals surface area contributed by atoms with Crippen LogP contribution in [0.5, 0.6) is 5.75 Å². The Labute approximate surface area is 83.0 Å². The number of aromatic carboxylic acids is 1. The highest BCUT2D eigenvalue weighted by Crippen LogP contribution is 2.33. The molecule has 0 aliphatic heterocycles. The quantitative estimate of drug-likeness (QED) is 0.785. The summed E-state index contributed by atoms with van der Waals surface area (Å²) in [7, 11) is 0. The molecule has 0 amide bonds. The molecule has 0 aromatic heterocycles. The van der Waals surface area contributed by atoms with Crippen molar-refractivity contribution in [2.24, 2.45) is 0 Å². The van der Waals surface area contributed by atoms with Gasteiger partial charge in [-0.15, -0.1) is 0 Å². The van der Waals surface area contributed by atoms with Crippen LogP contribution in [0.15, 0.2) is 12.1 Å². The average Bonchev–Trinajstić information content (AvgIpc) is 2.15. The van der Waals surface area contributed by atoms with Crippen LogP contribution in [0.1, 0.15) is 27.9 Å². The number of carbonyl (C=O) groups is 1. The lowest BCUT2D eigenvalue weighted by Gasteiger charge is -2.07. The maximum atomic E-state index is 12.4. The van der Waals surface area contributed by atoms with Crippen molar-refractivity contribution in [3.8, 4) is 11.8 Å². The van der Waals surface area contributed by atoms with Gasteiger partial charge in [-0.05, 0) is 12.1 Å². The molecule has 0 saturated heterocycles. The number of carboxylic acids is 1. The fraction of sp³-hybridized carbons (Fsp3) is 0.111. The highest BCUT2D eigenvalue weighted by molar-refractivity contribution is 5.91. The van der Waals surface area contributed by atoms with Gasteiger partial charge in [0.1, 0.15) is 11.3 Å². The summed E-state index contributed by atoms with van der Waals surface area (Å²) >= 11 is 0. The number of hydrogen-bond donors (Lipinski definition) is 2. The molecule has 1 aromatic rings. The summed E-state index contributed by atoms with van der Waals surface area (Å²) in [6, 6.07) is 3.29. The summed E-state index contributed by atoms with van der Waals surface area (Å²) in [5.41, 5.74) is -2.03. The van der Waals surface area contributed by atoms with Gasteiger partial charge in [0.2, 0.25) is 0 Å². The molecule has 0 unspecified atom stereocenters. The molecule has 78 valence electrons. The van der Waals surface area contributed by atoms with Crippen molar-refractivity contribution in [2.45, 2.75) is 6.43 Å². The molecule has 0 bridgehead atoms. The third-order valence-corrected chi connectivity index (χ3v) is 1.79.